The molecular weight excluding hydrogens is 329 g/mol. The highest BCUT2D eigenvalue weighted by molar-refractivity contribution is 6.36. The van der Waals surface area contributed by atoms with E-state index in [2.05, 4.69) is 0 Å². The molecule has 0 spiro atoms. The van der Waals surface area contributed by atoms with Gasteiger partial charge in [-0.3, -0.25) is 4.79 Å². The van der Waals surface area contributed by atoms with Crippen molar-refractivity contribution in [2.45, 2.75) is 6.54 Å². The Bertz CT molecular complexity index is 839. The number of hydrogen-bond donors (Lipinski definition) is 0. The highest BCUT2D eigenvalue weighted by atomic mass is 35.5. The zero-order chi connectivity index (χ0) is 15.0. The van der Waals surface area contributed by atoms with Gasteiger partial charge in [0.2, 0.25) is 0 Å². The fraction of sp³-hybridized carbons (Fsp3) is 0.0625. The lowest BCUT2D eigenvalue weighted by Gasteiger charge is -2.07. The quantitative estimate of drug-likeness (QED) is 0.579. The molecular formula is C16H10Cl3NO. The van der Waals surface area contributed by atoms with Gasteiger partial charge < -0.3 is 4.57 Å². The molecule has 0 bridgehead atoms. The minimum Gasteiger partial charge on any atom is -0.340 e. The van der Waals surface area contributed by atoms with Gasteiger partial charge in [-0.2, -0.15) is 0 Å². The maximum atomic E-state index is 12.4. The van der Waals surface area contributed by atoms with Gasteiger partial charge >= 0.3 is 0 Å². The van der Waals surface area contributed by atoms with Gasteiger partial charge in [-0.05, 0) is 36.4 Å². The van der Waals surface area contributed by atoms with E-state index in [0.29, 0.717) is 20.6 Å². The van der Waals surface area contributed by atoms with Crippen molar-refractivity contribution >= 4 is 51.5 Å². The van der Waals surface area contributed by atoms with Gasteiger partial charge in [0.05, 0.1) is 11.6 Å². The molecule has 106 valence electrons. The van der Waals surface area contributed by atoms with Crippen molar-refractivity contribution < 1.29 is 4.79 Å². The SMILES string of the molecule is O=C(Cn1ccc2c(Cl)cccc21)c1cc(Cl)ccc1Cl. The van der Waals surface area contributed by atoms with Crippen LogP contribution in [0.15, 0.2) is 48.7 Å². The zero-order valence-electron chi connectivity index (χ0n) is 10.8. The molecule has 5 heteroatoms. The van der Waals surface area contributed by atoms with Crippen LogP contribution in [0.25, 0.3) is 10.9 Å². The number of fused-ring (bicyclic) bond motifs is 1. The first-order valence-electron chi connectivity index (χ1n) is 6.28. The first kappa shape index (κ1) is 14.5. The largest absolute Gasteiger partial charge is 0.340 e. The van der Waals surface area contributed by atoms with E-state index < -0.39 is 0 Å². The Kier molecular flexibility index (Phi) is 3.94. The van der Waals surface area contributed by atoms with Crippen molar-refractivity contribution in [2.24, 2.45) is 0 Å². The normalized spacial score (nSPS) is 11.0. The summed E-state index contributed by atoms with van der Waals surface area (Å²) in [6.45, 7) is 0.184. The third kappa shape index (κ3) is 2.80. The highest BCUT2D eigenvalue weighted by Gasteiger charge is 2.13. The van der Waals surface area contributed by atoms with Gasteiger partial charge in [0.25, 0.3) is 0 Å². The topological polar surface area (TPSA) is 22.0 Å². The Hall–Kier alpha value is -1.48. The summed E-state index contributed by atoms with van der Waals surface area (Å²) < 4.78 is 1.85. The Morgan fingerprint density at radius 2 is 1.81 bits per heavy atom. The predicted octanol–water partition coefficient (Wildman–Crippen LogP) is 5.48. The minimum absolute atomic E-state index is 0.0972. The molecule has 2 nitrogen and oxygen atoms in total. The van der Waals surface area contributed by atoms with Crippen LogP contribution in [0.1, 0.15) is 10.4 Å². The Labute approximate surface area is 136 Å². The number of rotatable bonds is 3. The van der Waals surface area contributed by atoms with E-state index in [9.17, 15) is 4.79 Å². The van der Waals surface area contributed by atoms with E-state index in [1.54, 1.807) is 18.2 Å². The lowest BCUT2D eigenvalue weighted by Crippen LogP contribution is -2.10. The van der Waals surface area contributed by atoms with Crippen molar-refractivity contribution in [2.75, 3.05) is 0 Å². The molecule has 0 fully saturated rings. The van der Waals surface area contributed by atoms with E-state index in [-0.39, 0.29) is 12.3 Å². The number of hydrogen-bond acceptors (Lipinski definition) is 1. The summed E-state index contributed by atoms with van der Waals surface area (Å²) in [5.41, 5.74) is 1.34. The number of ketones is 1. The van der Waals surface area contributed by atoms with Crippen molar-refractivity contribution in [3.63, 3.8) is 0 Å². The summed E-state index contributed by atoms with van der Waals surface area (Å²) in [5.74, 6) is -0.0972. The Morgan fingerprint density at radius 1 is 1.00 bits per heavy atom. The molecule has 1 heterocycles. The predicted molar refractivity (Wildman–Crippen MR) is 87.7 cm³/mol. The maximum Gasteiger partial charge on any atom is 0.184 e. The molecule has 3 aromatic rings. The summed E-state index contributed by atoms with van der Waals surface area (Å²) in [7, 11) is 0. The molecule has 0 aliphatic heterocycles. The molecule has 0 atom stereocenters. The van der Waals surface area contributed by atoms with Crippen molar-refractivity contribution in [3.8, 4) is 0 Å². The van der Waals surface area contributed by atoms with Gasteiger partial charge in [0.15, 0.2) is 5.78 Å². The van der Waals surface area contributed by atoms with Crippen LogP contribution in [0.5, 0.6) is 0 Å². The minimum atomic E-state index is -0.0972. The van der Waals surface area contributed by atoms with Crippen LogP contribution in [0.4, 0.5) is 0 Å². The molecule has 0 radical (unpaired) electrons. The van der Waals surface area contributed by atoms with E-state index in [1.807, 2.05) is 35.0 Å². The van der Waals surface area contributed by atoms with E-state index in [1.165, 1.54) is 0 Å². The number of Topliss-reactive ketones (excluding diaryl/α,β-unsaturated/α-hetero) is 1. The summed E-state index contributed by atoms with van der Waals surface area (Å²) in [4.78, 5) is 12.4. The first-order valence-corrected chi connectivity index (χ1v) is 7.41. The number of aromatic nitrogens is 1. The molecule has 0 aliphatic rings. The van der Waals surface area contributed by atoms with Crippen LogP contribution in [-0.4, -0.2) is 10.4 Å². The molecule has 0 N–H and O–H groups in total. The lowest BCUT2D eigenvalue weighted by atomic mass is 10.1. The molecule has 0 saturated carbocycles. The van der Waals surface area contributed by atoms with E-state index in [0.717, 1.165) is 10.9 Å². The summed E-state index contributed by atoms with van der Waals surface area (Å²) in [6.07, 6.45) is 1.84. The van der Waals surface area contributed by atoms with Crippen molar-refractivity contribution in [1.29, 1.82) is 0 Å². The lowest BCUT2D eigenvalue weighted by molar-refractivity contribution is 0.0974. The molecule has 0 unspecified atom stereocenters. The van der Waals surface area contributed by atoms with Gasteiger partial charge in [0, 0.05) is 32.7 Å². The first-order chi connectivity index (χ1) is 10.1. The van der Waals surface area contributed by atoms with Crippen LogP contribution >= 0.6 is 34.8 Å². The highest BCUT2D eigenvalue weighted by Crippen LogP contribution is 2.26. The molecule has 2 aromatic carbocycles. The second-order valence-corrected chi connectivity index (χ2v) is 5.91. The standard InChI is InChI=1S/C16H10Cl3NO/c17-10-4-5-14(19)12(8-10)16(21)9-20-7-6-11-13(18)2-1-3-15(11)20/h1-8H,9H2. The van der Waals surface area contributed by atoms with Crippen LogP contribution in [0, 0.1) is 0 Å². The fourth-order valence-corrected chi connectivity index (χ4v) is 2.90. The monoisotopic (exact) mass is 337 g/mol. The molecule has 3 rings (SSSR count). The van der Waals surface area contributed by atoms with Gasteiger partial charge in [-0.15, -0.1) is 0 Å². The van der Waals surface area contributed by atoms with Crippen LogP contribution in [0.2, 0.25) is 15.1 Å². The number of carbonyl (C=O) groups is 1. The van der Waals surface area contributed by atoms with Crippen molar-refractivity contribution in [3.05, 3.63) is 69.3 Å². The Morgan fingerprint density at radius 3 is 2.62 bits per heavy atom. The molecule has 1 aromatic heterocycles. The van der Waals surface area contributed by atoms with Gasteiger partial charge in [-0.1, -0.05) is 40.9 Å². The number of carbonyl (C=O) groups excluding carboxylic acids is 1. The molecule has 0 aliphatic carbocycles. The van der Waals surface area contributed by atoms with Gasteiger partial charge in [-0.25, -0.2) is 0 Å². The summed E-state index contributed by atoms with van der Waals surface area (Å²) in [5, 5.41) is 2.48. The number of benzene rings is 2. The second-order valence-electron chi connectivity index (χ2n) is 4.66. The second kappa shape index (κ2) is 5.72. The average molecular weight is 339 g/mol. The van der Waals surface area contributed by atoms with Gasteiger partial charge in [0.1, 0.15) is 0 Å². The van der Waals surface area contributed by atoms with Crippen molar-refractivity contribution in [1.82, 2.24) is 4.57 Å². The summed E-state index contributed by atoms with van der Waals surface area (Å²) in [6, 6.07) is 12.4. The maximum absolute atomic E-state index is 12.4. The third-order valence-corrected chi connectivity index (χ3v) is 4.20. The number of nitrogens with zero attached hydrogens (tertiary/aromatic N) is 1. The smallest absolute Gasteiger partial charge is 0.184 e. The van der Waals surface area contributed by atoms with Crippen LogP contribution in [-0.2, 0) is 6.54 Å². The number of halogens is 3. The molecule has 0 amide bonds. The van der Waals surface area contributed by atoms with Crippen LogP contribution < -0.4 is 0 Å². The fourth-order valence-electron chi connectivity index (χ4n) is 2.27. The van der Waals surface area contributed by atoms with Crippen LogP contribution in [0.3, 0.4) is 0 Å². The average Bonchev–Trinajstić information content (AvgIpc) is 2.86. The van der Waals surface area contributed by atoms with E-state index in [4.69, 9.17) is 34.8 Å². The summed E-state index contributed by atoms with van der Waals surface area (Å²) >= 11 is 18.1. The Balaban J connectivity index is 1.97. The molecule has 0 saturated heterocycles. The van der Waals surface area contributed by atoms with E-state index >= 15 is 0 Å². The third-order valence-electron chi connectivity index (χ3n) is 3.30. The zero-order valence-corrected chi connectivity index (χ0v) is 13.1. The molecule has 21 heavy (non-hydrogen) atoms.